The Morgan fingerprint density at radius 1 is 1.21 bits per heavy atom. The van der Waals surface area contributed by atoms with Crippen molar-refractivity contribution in [3.05, 3.63) is 74.7 Å². The highest BCUT2D eigenvalue weighted by molar-refractivity contribution is 8.27. The summed E-state index contributed by atoms with van der Waals surface area (Å²) in [4.78, 5) is 24.9. The molecular formula is C17H12N2O3S2. The highest BCUT2D eigenvalue weighted by Gasteiger charge is 2.33. The van der Waals surface area contributed by atoms with Crippen molar-refractivity contribution in [2.45, 2.75) is 6.92 Å². The van der Waals surface area contributed by atoms with Gasteiger partial charge in [0.15, 0.2) is 4.32 Å². The van der Waals surface area contributed by atoms with E-state index in [0.717, 1.165) is 11.1 Å². The Balaban J connectivity index is 1.93. The van der Waals surface area contributed by atoms with Crippen molar-refractivity contribution in [3.8, 4) is 0 Å². The second-order valence-corrected chi connectivity index (χ2v) is 6.88. The van der Waals surface area contributed by atoms with E-state index in [1.807, 2.05) is 31.2 Å². The molecule has 0 atom stereocenters. The van der Waals surface area contributed by atoms with Crippen LogP contribution in [0, 0.1) is 17.0 Å². The van der Waals surface area contributed by atoms with Gasteiger partial charge < -0.3 is 0 Å². The number of carbonyl (C=O) groups excluding carboxylic acids is 1. The van der Waals surface area contributed by atoms with Gasteiger partial charge in [0.1, 0.15) is 0 Å². The predicted molar refractivity (Wildman–Crippen MR) is 99.9 cm³/mol. The molecule has 1 amide bonds. The molecule has 0 saturated carbocycles. The molecule has 2 aromatic rings. The van der Waals surface area contributed by atoms with E-state index in [0.29, 0.717) is 14.9 Å². The number of nitro groups is 1. The average molecular weight is 356 g/mol. The van der Waals surface area contributed by atoms with Gasteiger partial charge in [0.25, 0.3) is 11.6 Å². The summed E-state index contributed by atoms with van der Waals surface area (Å²) in [5, 5.41) is 10.9. The average Bonchev–Trinajstić information content (AvgIpc) is 2.83. The maximum absolute atomic E-state index is 12.6. The SMILES string of the molecule is Cc1ccc(/C=C2\SC(=S)N(c3cccc([N+](=O)[O-])c3)C2=O)cc1. The van der Waals surface area contributed by atoms with Crippen molar-refractivity contribution in [2.75, 3.05) is 4.90 Å². The zero-order valence-electron chi connectivity index (χ0n) is 12.6. The van der Waals surface area contributed by atoms with Crippen LogP contribution in [0.5, 0.6) is 0 Å². The van der Waals surface area contributed by atoms with Crippen LogP contribution in [0.15, 0.2) is 53.4 Å². The van der Waals surface area contributed by atoms with Crippen LogP contribution in [0.2, 0.25) is 0 Å². The summed E-state index contributed by atoms with van der Waals surface area (Å²) in [5.41, 5.74) is 2.36. The number of anilines is 1. The van der Waals surface area contributed by atoms with E-state index < -0.39 is 4.92 Å². The number of hydrogen-bond acceptors (Lipinski definition) is 5. The molecule has 0 aromatic heterocycles. The lowest BCUT2D eigenvalue weighted by Gasteiger charge is -2.13. The summed E-state index contributed by atoms with van der Waals surface area (Å²) in [5.74, 6) is -0.272. The molecule has 120 valence electrons. The van der Waals surface area contributed by atoms with E-state index in [-0.39, 0.29) is 11.6 Å². The van der Waals surface area contributed by atoms with Crippen molar-refractivity contribution in [1.82, 2.24) is 0 Å². The Bertz CT molecular complexity index is 876. The third kappa shape index (κ3) is 3.22. The Labute approximate surface area is 148 Å². The van der Waals surface area contributed by atoms with Crippen LogP contribution in [0.3, 0.4) is 0 Å². The minimum absolute atomic E-state index is 0.0796. The normalized spacial score (nSPS) is 16.0. The lowest BCUT2D eigenvalue weighted by molar-refractivity contribution is -0.384. The van der Waals surface area contributed by atoms with E-state index in [4.69, 9.17) is 12.2 Å². The van der Waals surface area contributed by atoms with Crippen LogP contribution in [0.4, 0.5) is 11.4 Å². The van der Waals surface area contributed by atoms with Crippen LogP contribution in [0.1, 0.15) is 11.1 Å². The lowest BCUT2D eigenvalue weighted by Crippen LogP contribution is -2.27. The minimum Gasteiger partial charge on any atom is -0.268 e. The van der Waals surface area contributed by atoms with Crippen molar-refractivity contribution in [1.29, 1.82) is 0 Å². The van der Waals surface area contributed by atoms with Gasteiger partial charge in [0.2, 0.25) is 0 Å². The maximum atomic E-state index is 12.6. The van der Waals surface area contributed by atoms with E-state index >= 15 is 0 Å². The number of rotatable bonds is 3. The highest BCUT2D eigenvalue weighted by atomic mass is 32.2. The first-order valence-electron chi connectivity index (χ1n) is 7.05. The molecule has 1 heterocycles. The fourth-order valence-electron chi connectivity index (χ4n) is 2.25. The lowest BCUT2D eigenvalue weighted by atomic mass is 10.1. The smallest absolute Gasteiger partial charge is 0.268 e. The fraction of sp³-hybridized carbons (Fsp3) is 0.0588. The number of carbonyl (C=O) groups is 1. The molecule has 0 aliphatic carbocycles. The molecule has 5 nitrogen and oxygen atoms in total. The number of nitro benzene ring substituents is 1. The van der Waals surface area contributed by atoms with Crippen LogP contribution in [-0.4, -0.2) is 15.2 Å². The minimum atomic E-state index is -0.497. The molecule has 0 spiro atoms. The van der Waals surface area contributed by atoms with Gasteiger partial charge in [-0.2, -0.15) is 0 Å². The highest BCUT2D eigenvalue weighted by Crippen LogP contribution is 2.36. The molecule has 3 rings (SSSR count). The van der Waals surface area contributed by atoms with Gasteiger partial charge in [0, 0.05) is 12.1 Å². The number of aryl methyl sites for hydroxylation is 1. The van der Waals surface area contributed by atoms with Crippen molar-refractivity contribution in [3.63, 3.8) is 0 Å². The molecule has 1 aliphatic heterocycles. The van der Waals surface area contributed by atoms with E-state index in [1.54, 1.807) is 12.1 Å². The zero-order valence-corrected chi connectivity index (χ0v) is 14.3. The predicted octanol–water partition coefficient (Wildman–Crippen LogP) is 4.31. The molecule has 1 aliphatic rings. The summed E-state index contributed by atoms with van der Waals surface area (Å²) in [7, 11) is 0. The summed E-state index contributed by atoms with van der Waals surface area (Å²) in [6.45, 7) is 1.99. The molecule has 0 radical (unpaired) electrons. The van der Waals surface area contributed by atoms with E-state index in [2.05, 4.69) is 0 Å². The molecule has 24 heavy (non-hydrogen) atoms. The molecular weight excluding hydrogens is 344 g/mol. The van der Waals surface area contributed by atoms with Gasteiger partial charge in [-0.25, -0.2) is 0 Å². The maximum Gasteiger partial charge on any atom is 0.271 e. The van der Waals surface area contributed by atoms with Gasteiger partial charge >= 0.3 is 0 Å². The molecule has 0 N–H and O–H groups in total. The number of non-ortho nitro benzene ring substituents is 1. The standard InChI is InChI=1S/C17H12N2O3S2/c1-11-5-7-12(8-6-11)9-15-16(20)18(17(23)24-15)13-3-2-4-14(10-13)19(21)22/h2-10H,1H3/b15-9-. The fourth-order valence-corrected chi connectivity index (χ4v) is 3.55. The van der Waals surface area contributed by atoms with Gasteiger partial charge in [-0.05, 0) is 24.6 Å². The molecule has 0 bridgehead atoms. The Morgan fingerprint density at radius 3 is 2.58 bits per heavy atom. The number of hydrogen-bond donors (Lipinski definition) is 0. The van der Waals surface area contributed by atoms with Crippen LogP contribution in [0.25, 0.3) is 6.08 Å². The molecule has 0 unspecified atom stereocenters. The number of thioether (sulfide) groups is 1. The van der Waals surface area contributed by atoms with Gasteiger partial charge in [-0.1, -0.05) is 59.9 Å². The third-order valence-corrected chi connectivity index (χ3v) is 4.77. The van der Waals surface area contributed by atoms with E-state index in [1.165, 1.54) is 34.9 Å². The number of benzene rings is 2. The third-order valence-electron chi connectivity index (χ3n) is 3.47. The molecule has 2 aromatic carbocycles. The quantitative estimate of drug-likeness (QED) is 0.355. The second-order valence-electron chi connectivity index (χ2n) is 5.20. The summed E-state index contributed by atoms with van der Waals surface area (Å²) in [6, 6.07) is 13.7. The number of amides is 1. The summed E-state index contributed by atoms with van der Waals surface area (Å²) < 4.78 is 0.360. The summed E-state index contributed by atoms with van der Waals surface area (Å²) >= 11 is 6.47. The van der Waals surface area contributed by atoms with Gasteiger partial charge in [-0.3, -0.25) is 19.8 Å². The monoisotopic (exact) mass is 356 g/mol. The molecule has 1 fully saturated rings. The van der Waals surface area contributed by atoms with Crippen LogP contribution >= 0.6 is 24.0 Å². The van der Waals surface area contributed by atoms with Crippen molar-refractivity contribution < 1.29 is 9.72 Å². The Hall–Kier alpha value is -2.51. The first-order valence-corrected chi connectivity index (χ1v) is 8.27. The first kappa shape index (κ1) is 16.4. The molecule has 1 saturated heterocycles. The Kier molecular flexibility index (Phi) is 4.46. The second kappa shape index (κ2) is 6.54. The van der Waals surface area contributed by atoms with E-state index in [9.17, 15) is 14.9 Å². The Morgan fingerprint density at radius 2 is 1.92 bits per heavy atom. The van der Waals surface area contributed by atoms with Crippen LogP contribution in [-0.2, 0) is 4.79 Å². The zero-order chi connectivity index (χ0) is 17.3. The van der Waals surface area contributed by atoms with Gasteiger partial charge in [0.05, 0.1) is 15.5 Å². The number of nitrogens with zero attached hydrogens (tertiary/aromatic N) is 2. The van der Waals surface area contributed by atoms with Crippen molar-refractivity contribution in [2.24, 2.45) is 0 Å². The van der Waals surface area contributed by atoms with Gasteiger partial charge in [-0.15, -0.1) is 0 Å². The summed E-state index contributed by atoms with van der Waals surface area (Å²) in [6.07, 6.45) is 1.77. The largest absolute Gasteiger partial charge is 0.271 e. The number of thiocarbonyl (C=S) groups is 1. The topological polar surface area (TPSA) is 63.4 Å². The molecule has 7 heteroatoms. The van der Waals surface area contributed by atoms with Crippen LogP contribution < -0.4 is 4.90 Å². The van der Waals surface area contributed by atoms with Crippen molar-refractivity contribution >= 4 is 51.7 Å². The first-order chi connectivity index (χ1) is 11.5.